The first-order chi connectivity index (χ1) is 6.72. The minimum absolute atomic E-state index is 0.0772. The maximum Gasteiger partial charge on any atom is 0.120 e. The third kappa shape index (κ3) is 2.07. The third-order valence-corrected chi connectivity index (χ3v) is 2.42. The van der Waals surface area contributed by atoms with Gasteiger partial charge in [-0.05, 0) is 31.0 Å². The monoisotopic (exact) mass is 187 g/mol. The predicted molar refractivity (Wildman–Crippen MR) is 56.0 cm³/mol. The van der Waals surface area contributed by atoms with Crippen LogP contribution in [-0.2, 0) is 0 Å². The molecule has 0 aromatic heterocycles. The highest BCUT2D eigenvalue weighted by Crippen LogP contribution is 2.32. The van der Waals surface area contributed by atoms with E-state index in [9.17, 15) is 0 Å². The summed E-state index contributed by atoms with van der Waals surface area (Å²) in [5, 5.41) is 0. The van der Waals surface area contributed by atoms with Crippen molar-refractivity contribution < 1.29 is 4.74 Å². The van der Waals surface area contributed by atoms with Crippen molar-refractivity contribution in [3.05, 3.63) is 29.8 Å². The molecule has 0 saturated heterocycles. The largest absolute Gasteiger partial charge is 0.492 e. The molecule has 0 amide bonds. The van der Waals surface area contributed by atoms with Crippen LogP contribution in [0.15, 0.2) is 24.3 Å². The molecule has 1 aliphatic rings. The maximum atomic E-state index is 5.90. The smallest absolute Gasteiger partial charge is 0.120 e. The predicted octanol–water partition coefficient (Wildman–Crippen LogP) is 1.54. The Labute approximate surface area is 84.1 Å². The van der Waals surface area contributed by atoms with Gasteiger partial charge >= 0.3 is 0 Å². The summed E-state index contributed by atoms with van der Waals surface area (Å²) in [5.41, 5.74) is 6.66. The summed E-state index contributed by atoms with van der Waals surface area (Å²) in [6.07, 6.45) is 7.40. The molecule has 14 heavy (non-hydrogen) atoms. The minimum Gasteiger partial charge on any atom is -0.492 e. The number of ether oxygens (including phenoxy) is 1. The van der Waals surface area contributed by atoms with Crippen molar-refractivity contribution in [3.8, 4) is 18.1 Å². The zero-order valence-corrected chi connectivity index (χ0v) is 7.99. The van der Waals surface area contributed by atoms with Crippen LogP contribution in [0.1, 0.15) is 18.4 Å². The Kier molecular flexibility index (Phi) is 2.18. The van der Waals surface area contributed by atoms with Gasteiger partial charge in [0.05, 0.1) is 5.54 Å². The molecule has 0 atom stereocenters. The molecule has 0 radical (unpaired) electrons. The Hall–Kier alpha value is -1.46. The van der Waals surface area contributed by atoms with Gasteiger partial charge in [-0.2, -0.15) is 0 Å². The van der Waals surface area contributed by atoms with Crippen LogP contribution in [0, 0.1) is 12.3 Å². The van der Waals surface area contributed by atoms with Gasteiger partial charge in [-0.1, -0.05) is 12.0 Å². The van der Waals surface area contributed by atoms with Crippen molar-refractivity contribution in [2.24, 2.45) is 5.73 Å². The molecule has 0 heterocycles. The number of rotatable bonds is 3. The Morgan fingerprint density at radius 2 is 2.29 bits per heavy atom. The molecular formula is C12H13NO. The summed E-state index contributed by atoms with van der Waals surface area (Å²) in [4.78, 5) is 0. The van der Waals surface area contributed by atoms with Gasteiger partial charge < -0.3 is 10.5 Å². The maximum absolute atomic E-state index is 5.90. The molecule has 2 rings (SSSR count). The van der Waals surface area contributed by atoms with E-state index in [2.05, 4.69) is 5.92 Å². The topological polar surface area (TPSA) is 35.2 Å². The molecule has 2 N–H and O–H groups in total. The zero-order valence-electron chi connectivity index (χ0n) is 7.99. The van der Waals surface area contributed by atoms with Crippen LogP contribution >= 0.6 is 0 Å². The highest BCUT2D eigenvalue weighted by atomic mass is 16.5. The van der Waals surface area contributed by atoms with Crippen LogP contribution in [0.25, 0.3) is 0 Å². The number of terminal acetylenes is 1. The van der Waals surface area contributed by atoms with Gasteiger partial charge in [0.1, 0.15) is 12.4 Å². The first-order valence-electron chi connectivity index (χ1n) is 4.70. The first kappa shape index (κ1) is 9.11. The molecule has 1 aromatic rings. The van der Waals surface area contributed by atoms with Crippen molar-refractivity contribution in [1.82, 2.24) is 0 Å². The summed E-state index contributed by atoms with van der Waals surface area (Å²) >= 11 is 0. The van der Waals surface area contributed by atoms with Crippen LogP contribution in [0.3, 0.4) is 0 Å². The molecule has 0 bridgehead atoms. The lowest BCUT2D eigenvalue weighted by atomic mass is 10.2. The Balaban J connectivity index is 1.99. The number of hydrogen-bond donors (Lipinski definition) is 1. The molecule has 1 saturated carbocycles. The molecule has 0 aliphatic heterocycles. The van der Waals surface area contributed by atoms with Gasteiger partial charge in [-0.25, -0.2) is 0 Å². The lowest BCUT2D eigenvalue weighted by Crippen LogP contribution is -2.29. The van der Waals surface area contributed by atoms with Crippen LogP contribution in [-0.4, -0.2) is 12.1 Å². The summed E-state index contributed by atoms with van der Waals surface area (Å²) in [6, 6.07) is 7.52. The molecule has 1 aliphatic carbocycles. The lowest BCUT2D eigenvalue weighted by molar-refractivity contribution is 0.279. The second-order valence-electron chi connectivity index (χ2n) is 3.82. The molecular weight excluding hydrogens is 174 g/mol. The standard InChI is InChI=1S/C12H13NO/c1-2-10-4-3-5-11(8-10)14-9-12(13)6-7-12/h1,3-5,8H,6-7,9,13H2. The van der Waals surface area contributed by atoms with E-state index in [0.717, 1.165) is 24.2 Å². The highest BCUT2D eigenvalue weighted by Gasteiger charge is 2.39. The molecule has 72 valence electrons. The van der Waals surface area contributed by atoms with E-state index in [0.29, 0.717) is 6.61 Å². The minimum atomic E-state index is -0.0772. The third-order valence-electron chi connectivity index (χ3n) is 2.42. The summed E-state index contributed by atoms with van der Waals surface area (Å²) in [6.45, 7) is 0.584. The molecule has 2 heteroatoms. The SMILES string of the molecule is C#Cc1cccc(OCC2(N)CC2)c1. The van der Waals surface area contributed by atoms with Gasteiger partial charge in [0.15, 0.2) is 0 Å². The van der Waals surface area contributed by atoms with Crippen LogP contribution in [0.4, 0.5) is 0 Å². The number of hydrogen-bond acceptors (Lipinski definition) is 2. The molecule has 1 aromatic carbocycles. The first-order valence-corrected chi connectivity index (χ1v) is 4.70. The van der Waals surface area contributed by atoms with Crippen LogP contribution in [0.5, 0.6) is 5.75 Å². The molecule has 0 spiro atoms. The molecule has 0 unspecified atom stereocenters. The van der Waals surface area contributed by atoms with E-state index in [4.69, 9.17) is 16.9 Å². The van der Waals surface area contributed by atoms with Crippen molar-refractivity contribution in [2.45, 2.75) is 18.4 Å². The van der Waals surface area contributed by atoms with E-state index in [-0.39, 0.29) is 5.54 Å². The van der Waals surface area contributed by atoms with Gasteiger partial charge in [0, 0.05) is 5.56 Å². The quantitative estimate of drug-likeness (QED) is 0.728. The van der Waals surface area contributed by atoms with Crippen LogP contribution < -0.4 is 10.5 Å². The van der Waals surface area contributed by atoms with Gasteiger partial charge in [0.25, 0.3) is 0 Å². The molecule has 2 nitrogen and oxygen atoms in total. The van der Waals surface area contributed by atoms with E-state index < -0.39 is 0 Å². The van der Waals surface area contributed by atoms with Crippen molar-refractivity contribution in [1.29, 1.82) is 0 Å². The van der Waals surface area contributed by atoms with Gasteiger partial charge in [0.2, 0.25) is 0 Å². The second kappa shape index (κ2) is 3.36. The summed E-state index contributed by atoms with van der Waals surface area (Å²) < 4.78 is 5.55. The average molecular weight is 187 g/mol. The molecule has 1 fully saturated rings. The van der Waals surface area contributed by atoms with E-state index in [1.54, 1.807) is 0 Å². The van der Waals surface area contributed by atoms with Crippen molar-refractivity contribution >= 4 is 0 Å². The fraction of sp³-hybridized carbons (Fsp3) is 0.333. The zero-order chi connectivity index (χ0) is 10.0. The van der Waals surface area contributed by atoms with E-state index >= 15 is 0 Å². The van der Waals surface area contributed by atoms with Crippen molar-refractivity contribution in [3.63, 3.8) is 0 Å². The Morgan fingerprint density at radius 1 is 1.50 bits per heavy atom. The average Bonchev–Trinajstić information content (AvgIpc) is 2.95. The van der Waals surface area contributed by atoms with Crippen LogP contribution in [0.2, 0.25) is 0 Å². The Bertz CT molecular complexity index is 374. The van der Waals surface area contributed by atoms with Gasteiger partial charge in [-0.3, -0.25) is 0 Å². The van der Waals surface area contributed by atoms with E-state index in [1.165, 1.54) is 0 Å². The number of benzene rings is 1. The van der Waals surface area contributed by atoms with E-state index in [1.807, 2.05) is 24.3 Å². The second-order valence-corrected chi connectivity index (χ2v) is 3.82. The van der Waals surface area contributed by atoms with Gasteiger partial charge in [-0.15, -0.1) is 6.42 Å². The summed E-state index contributed by atoms with van der Waals surface area (Å²) in [7, 11) is 0. The summed E-state index contributed by atoms with van der Waals surface area (Å²) in [5.74, 6) is 3.37. The number of nitrogens with two attached hydrogens (primary N) is 1. The van der Waals surface area contributed by atoms with Crippen molar-refractivity contribution in [2.75, 3.05) is 6.61 Å². The lowest BCUT2D eigenvalue weighted by Gasteiger charge is -2.10. The highest BCUT2D eigenvalue weighted by molar-refractivity contribution is 5.38. The fourth-order valence-corrected chi connectivity index (χ4v) is 1.21. The fourth-order valence-electron chi connectivity index (χ4n) is 1.21. The normalized spacial score (nSPS) is 17.1. The Morgan fingerprint density at radius 3 is 2.93 bits per heavy atom.